The molecule has 10 heteroatoms. The summed E-state index contributed by atoms with van der Waals surface area (Å²) in [6, 6.07) is 8.79. The van der Waals surface area contributed by atoms with Gasteiger partial charge in [-0.2, -0.15) is 0 Å². The third-order valence-corrected chi connectivity index (χ3v) is 4.35. The number of nitrogens with zero attached hydrogens (tertiary/aromatic N) is 2. The number of thiazole rings is 1. The number of amides is 2. The molecule has 0 aliphatic carbocycles. The molecule has 0 saturated heterocycles. The van der Waals surface area contributed by atoms with Gasteiger partial charge in [0.05, 0.1) is 29.4 Å². The van der Waals surface area contributed by atoms with Gasteiger partial charge in [-0.25, -0.2) is 9.78 Å². The van der Waals surface area contributed by atoms with Crippen molar-refractivity contribution < 1.29 is 19.2 Å². The van der Waals surface area contributed by atoms with E-state index in [2.05, 4.69) is 15.6 Å². The van der Waals surface area contributed by atoms with Crippen molar-refractivity contribution in [2.24, 2.45) is 0 Å². The lowest BCUT2D eigenvalue weighted by molar-refractivity contribution is -0.384. The average molecular weight is 374 g/mol. The van der Waals surface area contributed by atoms with Gasteiger partial charge in [0.1, 0.15) is 11.5 Å². The van der Waals surface area contributed by atoms with Crippen LogP contribution in [0.5, 0.6) is 11.5 Å². The first-order chi connectivity index (χ1) is 12.5. The standard InChI is InChI=1S/C16H14N4O5S/c1-24-11-5-9(6-12(8-11)25-2)17-15(21)19-16-18-13-4-3-10(20(22)23)7-14(13)26-16/h3-8H,1-2H3,(H2,17,18,19,21). The first kappa shape index (κ1) is 17.4. The zero-order valence-corrected chi connectivity index (χ0v) is 14.6. The van der Waals surface area contributed by atoms with E-state index in [1.807, 2.05) is 0 Å². The highest BCUT2D eigenvalue weighted by atomic mass is 32.1. The minimum absolute atomic E-state index is 0.0272. The number of non-ortho nitro benzene ring substituents is 1. The van der Waals surface area contributed by atoms with Crippen LogP contribution in [0.4, 0.5) is 21.3 Å². The number of nitrogens with one attached hydrogen (secondary N) is 2. The molecule has 0 unspecified atom stereocenters. The predicted molar refractivity (Wildman–Crippen MR) is 98.5 cm³/mol. The summed E-state index contributed by atoms with van der Waals surface area (Å²) in [4.78, 5) is 26.8. The van der Waals surface area contributed by atoms with E-state index in [0.717, 1.165) is 11.3 Å². The lowest BCUT2D eigenvalue weighted by atomic mass is 10.3. The van der Waals surface area contributed by atoms with Crippen LogP contribution in [0.1, 0.15) is 0 Å². The summed E-state index contributed by atoms with van der Waals surface area (Å²) in [6.07, 6.45) is 0. The number of fused-ring (bicyclic) bond motifs is 1. The van der Waals surface area contributed by atoms with Crippen LogP contribution in [0.25, 0.3) is 10.2 Å². The van der Waals surface area contributed by atoms with Gasteiger partial charge in [0.15, 0.2) is 5.13 Å². The molecule has 2 N–H and O–H groups in total. The first-order valence-electron chi connectivity index (χ1n) is 7.34. The highest BCUT2D eigenvalue weighted by Gasteiger charge is 2.12. The van der Waals surface area contributed by atoms with Crippen LogP contribution in [-0.2, 0) is 0 Å². The maximum absolute atomic E-state index is 12.2. The highest BCUT2D eigenvalue weighted by Crippen LogP contribution is 2.30. The highest BCUT2D eigenvalue weighted by molar-refractivity contribution is 7.22. The summed E-state index contributed by atoms with van der Waals surface area (Å²) in [5.41, 5.74) is 1.02. The number of urea groups is 1. The number of nitro benzene ring substituents is 1. The van der Waals surface area contributed by atoms with E-state index >= 15 is 0 Å². The second-order valence-corrected chi connectivity index (χ2v) is 6.14. The van der Waals surface area contributed by atoms with Gasteiger partial charge in [0.25, 0.3) is 5.69 Å². The number of hydrogen-bond acceptors (Lipinski definition) is 7. The van der Waals surface area contributed by atoms with Crippen LogP contribution in [0.2, 0.25) is 0 Å². The third kappa shape index (κ3) is 3.81. The number of aromatic nitrogens is 1. The zero-order valence-electron chi connectivity index (χ0n) is 13.8. The number of carbonyl (C=O) groups is 1. The molecule has 0 aliphatic rings. The van der Waals surface area contributed by atoms with E-state index in [-0.39, 0.29) is 5.69 Å². The van der Waals surface area contributed by atoms with Crippen LogP contribution in [-0.4, -0.2) is 30.2 Å². The van der Waals surface area contributed by atoms with Crippen molar-refractivity contribution in [2.45, 2.75) is 0 Å². The van der Waals surface area contributed by atoms with Crippen molar-refractivity contribution in [1.29, 1.82) is 0 Å². The van der Waals surface area contributed by atoms with Crippen molar-refractivity contribution >= 4 is 44.1 Å². The van der Waals surface area contributed by atoms with Crippen LogP contribution in [0.15, 0.2) is 36.4 Å². The Morgan fingerprint density at radius 2 is 1.81 bits per heavy atom. The minimum Gasteiger partial charge on any atom is -0.497 e. The molecule has 26 heavy (non-hydrogen) atoms. The minimum atomic E-state index is -0.506. The van der Waals surface area contributed by atoms with Gasteiger partial charge < -0.3 is 14.8 Å². The van der Waals surface area contributed by atoms with E-state index in [9.17, 15) is 14.9 Å². The molecule has 3 rings (SSSR count). The smallest absolute Gasteiger partial charge is 0.325 e. The van der Waals surface area contributed by atoms with E-state index in [0.29, 0.717) is 32.5 Å². The SMILES string of the molecule is COc1cc(NC(=O)Nc2nc3ccc([N+](=O)[O-])cc3s2)cc(OC)c1. The molecule has 0 aliphatic heterocycles. The molecule has 1 heterocycles. The fourth-order valence-corrected chi connectivity index (χ4v) is 3.11. The lowest BCUT2D eigenvalue weighted by Gasteiger charge is -2.09. The van der Waals surface area contributed by atoms with E-state index < -0.39 is 11.0 Å². The molecule has 0 bridgehead atoms. The Hall–Kier alpha value is -3.40. The number of rotatable bonds is 5. The second kappa shape index (κ2) is 7.23. The molecule has 0 saturated carbocycles. The average Bonchev–Trinajstić information content (AvgIpc) is 3.02. The topological polar surface area (TPSA) is 116 Å². The van der Waals surface area contributed by atoms with Gasteiger partial charge >= 0.3 is 6.03 Å². The van der Waals surface area contributed by atoms with Crippen LogP contribution >= 0.6 is 11.3 Å². The number of hydrogen-bond donors (Lipinski definition) is 2. The van der Waals surface area contributed by atoms with E-state index in [1.54, 1.807) is 24.3 Å². The van der Waals surface area contributed by atoms with Crippen molar-refractivity contribution in [1.82, 2.24) is 4.98 Å². The summed E-state index contributed by atoms with van der Waals surface area (Å²) in [5, 5.41) is 16.4. The van der Waals surface area contributed by atoms with E-state index in [1.165, 1.54) is 26.4 Å². The van der Waals surface area contributed by atoms with Crippen molar-refractivity contribution in [3.05, 3.63) is 46.5 Å². The van der Waals surface area contributed by atoms with Crippen molar-refractivity contribution in [3.63, 3.8) is 0 Å². The number of ether oxygens (including phenoxy) is 2. The maximum atomic E-state index is 12.2. The van der Waals surface area contributed by atoms with Gasteiger partial charge in [-0.3, -0.25) is 15.4 Å². The van der Waals surface area contributed by atoms with Crippen molar-refractivity contribution in [3.8, 4) is 11.5 Å². The second-order valence-electron chi connectivity index (χ2n) is 5.11. The number of benzene rings is 2. The molecule has 9 nitrogen and oxygen atoms in total. The largest absolute Gasteiger partial charge is 0.497 e. The molecule has 2 amide bonds. The molecule has 2 aromatic carbocycles. The van der Waals surface area contributed by atoms with Gasteiger partial charge in [-0.1, -0.05) is 11.3 Å². The molecule has 134 valence electrons. The Morgan fingerprint density at radius 1 is 1.12 bits per heavy atom. The number of anilines is 2. The Labute approximate surface area is 151 Å². The quantitative estimate of drug-likeness (QED) is 0.517. The Balaban J connectivity index is 1.75. The molecular formula is C16H14N4O5S. The predicted octanol–water partition coefficient (Wildman–Crippen LogP) is 3.87. The normalized spacial score (nSPS) is 10.4. The monoisotopic (exact) mass is 374 g/mol. The first-order valence-corrected chi connectivity index (χ1v) is 8.16. The van der Waals surface area contributed by atoms with Crippen LogP contribution in [0, 0.1) is 10.1 Å². The third-order valence-electron chi connectivity index (χ3n) is 3.41. The molecule has 3 aromatic rings. The number of nitro groups is 1. The molecular weight excluding hydrogens is 360 g/mol. The summed E-state index contributed by atoms with van der Waals surface area (Å²) >= 11 is 1.15. The zero-order chi connectivity index (χ0) is 18.7. The Kier molecular flexibility index (Phi) is 4.85. The fraction of sp³-hybridized carbons (Fsp3) is 0.125. The Morgan fingerprint density at radius 3 is 2.42 bits per heavy atom. The molecule has 0 radical (unpaired) electrons. The van der Waals surface area contributed by atoms with Crippen LogP contribution < -0.4 is 20.1 Å². The van der Waals surface area contributed by atoms with Crippen LogP contribution in [0.3, 0.4) is 0 Å². The van der Waals surface area contributed by atoms with Gasteiger partial charge in [-0.15, -0.1) is 0 Å². The summed E-state index contributed by atoms with van der Waals surface area (Å²) in [5.74, 6) is 1.07. The number of carbonyl (C=O) groups excluding carboxylic acids is 1. The summed E-state index contributed by atoms with van der Waals surface area (Å²) < 4.78 is 10.9. The molecule has 1 aromatic heterocycles. The summed E-state index contributed by atoms with van der Waals surface area (Å²) in [6.45, 7) is 0. The lowest BCUT2D eigenvalue weighted by Crippen LogP contribution is -2.19. The van der Waals surface area contributed by atoms with E-state index in [4.69, 9.17) is 9.47 Å². The molecule has 0 spiro atoms. The van der Waals surface area contributed by atoms with Gasteiger partial charge in [0.2, 0.25) is 0 Å². The number of methoxy groups -OCH3 is 2. The summed E-state index contributed by atoms with van der Waals surface area (Å²) in [7, 11) is 3.03. The molecule has 0 atom stereocenters. The van der Waals surface area contributed by atoms with Gasteiger partial charge in [-0.05, 0) is 6.07 Å². The fourth-order valence-electron chi connectivity index (χ4n) is 2.22. The van der Waals surface area contributed by atoms with Crippen molar-refractivity contribution in [2.75, 3.05) is 24.9 Å². The molecule has 0 fully saturated rings. The maximum Gasteiger partial charge on any atom is 0.325 e. The Bertz CT molecular complexity index is 966. The van der Waals surface area contributed by atoms with Gasteiger partial charge in [0, 0.05) is 36.0 Å².